The van der Waals surface area contributed by atoms with E-state index in [1.165, 1.54) is 0 Å². The van der Waals surface area contributed by atoms with Crippen molar-refractivity contribution in [1.82, 2.24) is 0 Å². The molecule has 0 nitrogen and oxygen atoms in total. The van der Waals surface area contributed by atoms with Crippen LogP contribution in [0.3, 0.4) is 0 Å². The third-order valence-corrected chi connectivity index (χ3v) is 1.93. The minimum absolute atomic E-state index is 0.406. The summed E-state index contributed by atoms with van der Waals surface area (Å²) in [6, 6.07) is 1.91. The Morgan fingerprint density at radius 1 is 1.29 bits per heavy atom. The van der Waals surface area contributed by atoms with Crippen molar-refractivity contribution >= 4 is 28.1 Å². The van der Waals surface area contributed by atoms with Gasteiger partial charge in [-0.25, -0.2) is 4.39 Å². The smallest absolute Gasteiger partial charge is 0.206 e. The number of benzene rings is 1. The molecule has 1 aromatic rings. The molecular formula is C8H3ClF4S. The molecule has 1 rings (SSSR count). The highest BCUT2D eigenvalue weighted by molar-refractivity contribution is 7.83. The van der Waals surface area contributed by atoms with Crippen LogP contribution in [-0.2, 0) is 6.18 Å². The molecule has 0 radical (unpaired) electrons. The Morgan fingerprint density at radius 3 is 2.29 bits per heavy atom. The van der Waals surface area contributed by atoms with E-state index in [0.29, 0.717) is 18.2 Å². The number of hydrogen-bond acceptors (Lipinski definition) is 1. The van der Waals surface area contributed by atoms with Crippen molar-refractivity contribution in [3.63, 3.8) is 0 Å². The molecular weight excluding hydrogens is 240 g/mol. The fourth-order valence-corrected chi connectivity index (χ4v) is 1.15. The van der Waals surface area contributed by atoms with Crippen molar-refractivity contribution in [3.05, 3.63) is 35.1 Å². The van der Waals surface area contributed by atoms with Gasteiger partial charge in [-0.05, 0) is 18.2 Å². The van der Waals surface area contributed by atoms with Crippen molar-refractivity contribution in [2.75, 3.05) is 0 Å². The van der Waals surface area contributed by atoms with E-state index in [1.807, 2.05) is 0 Å². The lowest BCUT2D eigenvalue weighted by molar-refractivity contribution is -0.137. The van der Waals surface area contributed by atoms with Gasteiger partial charge in [-0.2, -0.15) is 13.2 Å². The number of thiocarbonyl (C=S) groups is 1. The van der Waals surface area contributed by atoms with Crippen molar-refractivity contribution < 1.29 is 17.6 Å². The van der Waals surface area contributed by atoms with Crippen LogP contribution in [0.1, 0.15) is 11.1 Å². The molecule has 0 N–H and O–H groups in total. The van der Waals surface area contributed by atoms with Gasteiger partial charge in [0.1, 0.15) is 10.1 Å². The third-order valence-electron chi connectivity index (χ3n) is 1.51. The zero-order valence-electron chi connectivity index (χ0n) is 6.53. The van der Waals surface area contributed by atoms with Crippen LogP contribution in [-0.4, -0.2) is 4.32 Å². The van der Waals surface area contributed by atoms with E-state index in [9.17, 15) is 17.6 Å². The lowest BCUT2D eigenvalue weighted by atomic mass is 10.1. The molecule has 76 valence electrons. The molecule has 0 fully saturated rings. The molecule has 0 aliphatic carbocycles. The first-order chi connectivity index (χ1) is 6.32. The lowest BCUT2D eigenvalue weighted by Gasteiger charge is -2.08. The van der Waals surface area contributed by atoms with Crippen LogP contribution >= 0.6 is 23.8 Å². The molecule has 14 heavy (non-hydrogen) atoms. The summed E-state index contributed by atoms with van der Waals surface area (Å²) in [5, 5.41) is 0. The minimum atomic E-state index is -4.52. The molecule has 0 heterocycles. The van der Waals surface area contributed by atoms with Crippen LogP contribution in [0.15, 0.2) is 18.2 Å². The van der Waals surface area contributed by atoms with E-state index < -0.39 is 27.4 Å². The van der Waals surface area contributed by atoms with Crippen LogP contribution < -0.4 is 0 Å². The van der Waals surface area contributed by atoms with E-state index in [-0.39, 0.29) is 0 Å². The van der Waals surface area contributed by atoms with Gasteiger partial charge in [0.15, 0.2) is 0 Å². The third kappa shape index (κ3) is 2.42. The predicted molar refractivity (Wildman–Crippen MR) is 49.0 cm³/mol. The normalized spacial score (nSPS) is 11.5. The van der Waals surface area contributed by atoms with Crippen molar-refractivity contribution in [2.24, 2.45) is 0 Å². The van der Waals surface area contributed by atoms with Gasteiger partial charge in [0, 0.05) is 5.56 Å². The maximum absolute atomic E-state index is 12.9. The molecule has 6 heteroatoms. The molecule has 0 spiro atoms. The molecule has 0 bridgehead atoms. The van der Waals surface area contributed by atoms with Crippen LogP contribution in [0.5, 0.6) is 0 Å². The highest BCUT2D eigenvalue weighted by Crippen LogP contribution is 2.30. The summed E-state index contributed by atoms with van der Waals surface area (Å²) in [7, 11) is 0. The monoisotopic (exact) mass is 242 g/mol. The van der Waals surface area contributed by atoms with Gasteiger partial charge < -0.3 is 0 Å². The van der Waals surface area contributed by atoms with Crippen LogP contribution in [0.4, 0.5) is 17.6 Å². The van der Waals surface area contributed by atoms with Gasteiger partial charge in [-0.15, -0.1) is 0 Å². The summed E-state index contributed by atoms with van der Waals surface area (Å²) >= 11 is 9.64. The first-order valence-corrected chi connectivity index (χ1v) is 4.17. The van der Waals surface area contributed by atoms with Gasteiger partial charge in [0.25, 0.3) is 0 Å². The Kier molecular flexibility index (Phi) is 3.11. The largest absolute Gasteiger partial charge is 0.416 e. The zero-order chi connectivity index (χ0) is 10.9. The number of hydrogen-bond donors (Lipinski definition) is 0. The summed E-state index contributed by atoms with van der Waals surface area (Å²) in [6.45, 7) is 0. The first-order valence-electron chi connectivity index (χ1n) is 3.39. The second-order valence-corrected chi connectivity index (χ2v) is 3.48. The molecule has 0 atom stereocenters. The Balaban J connectivity index is 3.27. The van der Waals surface area contributed by atoms with E-state index in [2.05, 4.69) is 12.2 Å². The summed E-state index contributed by atoms with van der Waals surface area (Å²) in [5.74, 6) is -0.863. The average Bonchev–Trinajstić information content (AvgIpc) is 2.02. The molecule has 0 amide bonds. The summed E-state index contributed by atoms with van der Waals surface area (Å²) in [4.78, 5) is 0. The summed E-state index contributed by atoms with van der Waals surface area (Å²) in [5.41, 5.74) is -1.38. The van der Waals surface area contributed by atoms with Crippen molar-refractivity contribution in [3.8, 4) is 0 Å². The SMILES string of the molecule is Fc1ccc(C(F)(F)F)cc1C(=S)Cl. The molecule has 0 aliphatic rings. The standard InChI is InChI=1S/C8H3ClF4S/c9-7(14)5-3-4(8(11,12)13)1-2-6(5)10/h1-3H. The molecule has 0 saturated carbocycles. The first kappa shape index (κ1) is 11.4. The van der Waals surface area contributed by atoms with Gasteiger partial charge in [0.2, 0.25) is 0 Å². The predicted octanol–water partition coefficient (Wildman–Crippen LogP) is 3.76. The van der Waals surface area contributed by atoms with Gasteiger partial charge in [0.05, 0.1) is 5.56 Å². The maximum atomic E-state index is 12.9. The molecule has 0 unspecified atom stereocenters. The van der Waals surface area contributed by atoms with Crippen molar-refractivity contribution in [1.29, 1.82) is 0 Å². The summed E-state index contributed by atoms with van der Waals surface area (Å²) < 4.78 is 48.9. The van der Waals surface area contributed by atoms with Gasteiger partial charge in [-0.1, -0.05) is 23.8 Å². The van der Waals surface area contributed by atoms with E-state index >= 15 is 0 Å². The fourth-order valence-electron chi connectivity index (χ4n) is 0.852. The number of halogens is 5. The van der Waals surface area contributed by atoms with E-state index in [1.54, 1.807) is 0 Å². The Labute approximate surface area is 87.5 Å². The highest BCUT2D eigenvalue weighted by atomic mass is 35.5. The highest BCUT2D eigenvalue weighted by Gasteiger charge is 2.31. The number of rotatable bonds is 1. The summed E-state index contributed by atoms with van der Waals surface area (Å²) in [6.07, 6.45) is -4.52. The molecule has 0 aromatic heterocycles. The van der Waals surface area contributed by atoms with E-state index in [4.69, 9.17) is 11.6 Å². The zero-order valence-corrected chi connectivity index (χ0v) is 8.10. The quantitative estimate of drug-likeness (QED) is 0.411. The lowest BCUT2D eigenvalue weighted by Crippen LogP contribution is -2.07. The Hall–Kier alpha value is -0.680. The minimum Gasteiger partial charge on any atom is -0.206 e. The van der Waals surface area contributed by atoms with Crippen molar-refractivity contribution in [2.45, 2.75) is 6.18 Å². The second-order valence-electron chi connectivity index (χ2n) is 2.47. The van der Waals surface area contributed by atoms with Gasteiger partial charge >= 0.3 is 6.18 Å². The van der Waals surface area contributed by atoms with Gasteiger partial charge in [-0.3, -0.25) is 0 Å². The average molecular weight is 243 g/mol. The maximum Gasteiger partial charge on any atom is 0.416 e. The number of alkyl halides is 3. The second kappa shape index (κ2) is 3.82. The molecule has 0 saturated heterocycles. The Morgan fingerprint density at radius 2 is 1.86 bits per heavy atom. The van der Waals surface area contributed by atoms with Crippen LogP contribution in [0.2, 0.25) is 0 Å². The molecule has 0 aliphatic heterocycles. The van der Waals surface area contributed by atoms with Crippen LogP contribution in [0.25, 0.3) is 0 Å². The Bertz CT molecular complexity index is 372. The van der Waals surface area contributed by atoms with Crippen LogP contribution in [0, 0.1) is 5.82 Å². The topological polar surface area (TPSA) is 0 Å². The van der Waals surface area contributed by atoms with E-state index in [0.717, 1.165) is 0 Å². The fraction of sp³-hybridized carbons (Fsp3) is 0.125. The molecule has 1 aromatic carbocycles.